The fourth-order valence-electron chi connectivity index (χ4n) is 2.13. The fourth-order valence-corrected chi connectivity index (χ4v) is 2.13. The molecule has 2 N–H and O–H groups in total. The molecule has 104 valence electrons. The van der Waals surface area contributed by atoms with Gasteiger partial charge in [0.1, 0.15) is 5.82 Å². The molecule has 1 aromatic carbocycles. The second-order valence-electron chi connectivity index (χ2n) is 4.91. The molecule has 0 aliphatic rings. The average Bonchev–Trinajstić information content (AvgIpc) is 2.84. The first-order valence-electron chi connectivity index (χ1n) is 6.64. The predicted molar refractivity (Wildman–Crippen MR) is 78.7 cm³/mol. The third kappa shape index (κ3) is 4.11. The van der Waals surface area contributed by atoms with E-state index in [1.807, 2.05) is 35.1 Å². The monoisotopic (exact) mass is 269 g/mol. The van der Waals surface area contributed by atoms with Gasteiger partial charge in [0.2, 0.25) is 0 Å². The topological polar surface area (TPSA) is 70.9 Å². The van der Waals surface area contributed by atoms with Crippen LogP contribution in [0, 0.1) is 11.3 Å². The quantitative estimate of drug-likeness (QED) is 0.869. The summed E-state index contributed by atoms with van der Waals surface area (Å²) in [5.41, 5.74) is 7.44. The highest BCUT2D eigenvalue weighted by Gasteiger charge is 2.02. The Morgan fingerprint density at radius 2 is 2.25 bits per heavy atom. The van der Waals surface area contributed by atoms with Crippen LogP contribution in [0.4, 0.5) is 5.82 Å². The number of hydrogen-bond donors (Lipinski definition) is 1. The Balaban J connectivity index is 1.77. The van der Waals surface area contributed by atoms with Crippen molar-refractivity contribution in [2.45, 2.75) is 19.5 Å². The van der Waals surface area contributed by atoms with E-state index < -0.39 is 0 Å². The minimum atomic E-state index is 0.562. The summed E-state index contributed by atoms with van der Waals surface area (Å²) < 4.78 is 1.86. The summed E-state index contributed by atoms with van der Waals surface area (Å²) in [6.07, 6.45) is 2.90. The molecule has 0 amide bonds. The van der Waals surface area contributed by atoms with E-state index in [2.05, 4.69) is 23.1 Å². The Kier molecular flexibility index (Phi) is 4.75. The maximum atomic E-state index is 8.88. The van der Waals surface area contributed by atoms with Gasteiger partial charge in [-0.05, 0) is 43.8 Å². The maximum Gasteiger partial charge on any atom is 0.145 e. The van der Waals surface area contributed by atoms with Gasteiger partial charge in [0, 0.05) is 19.3 Å². The highest BCUT2D eigenvalue weighted by atomic mass is 15.3. The van der Waals surface area contributed by atoms with Gasteiger partial charge in [-0.15, -0.1) is 0 Å². The lowest BCUT2D eigenvalue weighted by atomic mass is 10.1. The molecular formula is C15H19N5. The van der Waals surface area contributed by atoms with Crippen LogP contribution in [0.1, 0.15) is 17.5 Å². The first-order valence-corrected chi connectivity index (χ1v) is 6.64. The number of nitriles is 1. The molecule has 0 radical (unpaired) electrons. The highest BCUT2D eigenvalue weighted by Crippen LogP contribution is 2.07. The largest absolute Gasteiger partial charge is 0.382 e. The second kappa shape index (κ2) is 6.73. The fraction of sp³-hybridized carbons (Fsp3) is 0.333. The number of hydrogen-bond acceptors (Lipinski definition) is 4. The zero-order valence-electron chi connectivity index (χ0n) is 11.7. The number of benzene rings is 1. The van der Waals surface area contributed by atoms with E-state index in [9.17, 15) is 0 Å². The third-order valence-electron chi connectivity index (χ3n) is 3.10. The summed E-state index contributed by atoms with van der Waals surface area (Å²) in [4.78, 5) is 2.24. The molecule has 5 heteroatoms. The average molecular weight is 269 g/mol. The van der Waals surface area contributed by atoms with Crippen LogP contribution in [0.15, 0.2) is 36.5 Å². The molecular weight excluding hydrogens is 250 g/mol. The predicted octanol–water partition coefficient (Wildman–Crippen LogP) is 1.86. The van der Waals surface area contributed by atoms with Crippen molar-refractivity contribution >= 4 is 5.82 Å². The van der Waals surface area contributed by atoms with Crippen molar-refractivity contribution in [3.8, 4) is 6.07 Å². The molecule has 1 aromatic heterocycles. The summed E-state index contributed by atoms with van der Waals surface area (Å²) in [5, 5.41) is 13.0. The van der Waals surface area contributed by atoms with E-state index in [4.69, 9.17) is 11.0 Å². The van der Waals surface area contributed by atoms with Crippen molar-refractivity contribution < 1.29 is 0 Å². The van der Waals surface area contributed by atoms with Gasteiger partial charge in [0.25, 0.3) is 0 Å². The molecule has 0 aliphatic carbocycles. The molecule has 0 bridgehead atoms. The molecule has 0 spiro atoms. The Labute approximate surface area is 119 Å². The molecule has 5 nitrogen and oxygen atoms in total. The third-order valence-corrected chi connectivity index (χ3v) is 3.10. The number of aromatic nitrogens is 2. The normalized spacial score (nSPS) is 10.7. The van der Waals surface area contributed by atoms with Gasteiger partial charge in [0.15, 0.2) is 0 Å². The summed E-state index contributed by atoms with van der Waals surface area (Å²) in [6.45, 7) is 2.67. The van der Waals surface area contributed by atoms with Crippen LogP contribution < -0.4 is 5.73 Å². The second-order valence-corrected chi connectivity index (χ2v) is 4.91. The van der Waals surface area contributed by atoms with Crippen LogP contribution in [0.25, 0.3) is 0 Å². The van der Waals surface area contributed by atoms with Crippen LogP contribution in [0.5, 0.6) is 0 Å². The van der Waals surface area contributed by atoms with Crippen molar-refractivity contribution in [3.63, 3.8) is 0 Å². The first kappa shape index (κ1) is 14.1. The van der Waals surface area contributed by atoms with Crippen LogP contribution in [-0.4, -0.2) is 28.3 Å². The van der Waals surface area contributed by atoms with Crippen molar-refractivity contribution in [3.05, 3.63) is 47.7 Å². The van der Waals surface area contributed by atoms with E-state index in [0.29, 0.717) is 11.4 Å². The number of nitrogens with zero attached hydrogens (tertiary/aromatic N) is 4. The van der Waals surface area contributed by atoms with Gasteiger partial charge in [-0.3, -0.25) is 4.68 Å². The maximum absolute atomic E-state index is 8.88. The Morgan fingerprint density at radius 3 is 2.95 bits per heavy atom. The number of aryl methyl sites for hydroxylation is 1. The molecule has 0 fully saturated rings. The molecule has 0 aliphatic heterocycles. The molecule has 0 saturated carbocycles. The van der Waals surface area contributed by atoms with Crippen LogP contribution >= 0.6 is 0 Å². The summed E-state index contributed by atoms with van der Waals surface area (Å²) in [7, 11) is 2.08. The molecule has 20 heavy (non-hydrogen) atoms. The summed E-state index contributed by atoms with van der Waals surface area (Å²) in [6, 6.07) is 11.7. The smallest absolute Gasteiger partial charge is 0.145 e. The molecule has 0 saturated heterocycles. The molecule has 2 rings (SSSR count). The SMILES string of the molecule is CN(CCCn1ccc(N)n1)Cc1cccc(C#N)c1. The van der Waals surface area contributed by atoms with Crippen LogP contribution in [0.3, 0.4) is 0 Å². The molecule has 0 unspecified atom stereocenters. The van der Waals surface area contributed by atoms with Gasteiger partial charge >= 0.3 is 0 Å². The van der Waals surface area contributed by atoms with Crippen molar-refractivity contribution in [2.75, 3.05) is 19.3 Å². The lowest BCUT2D eigenvalue weighted by molar-refractivity contribution is 0.311. The van der Waals surface area contributed by atoms with Gasteiger partial charge in [-0.1, -0.05) is 12.1 Å². The van der Waals surface area contributed by atoms with E-state index in [0.717, 1.165) is 31.6 Å². The number of nitrogens with two attached hydrogens (primary N) is 1. The number of anilines is 1. The summed E-state index contributed by atoms with van der Waals surface area (Å²) >= 11 is 0. The van der Waals surface area contributed by atoms with Crippen molar-refractivity contribution in [1.29, 1.82) is 5.26 Å². The molecule has 2 aromatic rings. The van der Waals surface area contributed by atoms with E-state index in [-0.39, 0.29) is 0 Å². The Hall–Kier alpha value is -2.32. The molecule has 1 heterocycles. The van der Waals surface area contributed by atoms with Gasteiger partial charge < -0.3 is 10.6 Å². The lowest BCUT2D eigenvalue weighted by Crippen LogP contribution is -2.20. The van der Waals surface area contributed by atoms with Gasteiger partial charge in [-0.25, -0.2) is 0 Å². The van der Waals surface area contributed by atoms with E-state index >= 15 is 0 Å². The van der Waals surface area contributed by atoms with Gasteiger partial charge in [-0.2, -0.15) is 10.4 Å². The number of nitrogen functional groups attached to an aromatic ring is 1. The van der Waals surface area contributed by atoms with E-state index in [1.54, 1.807) is 6.07 Å². The lowest BCUT2D eigenvalue weighted by Gasteiger charge is -2.16. The first-order chi connectivity index (χ1) is 9.67. The molecule has 0 atom stereocenters. The Morgan fingerprint density at radius 1 is 1.40 bits per heavy atom. The zero-order chi connectivity index (χ0) is 14.4. The highest BCUT2D eigenvalue weighted by molar-refractivity contribution is 5.32. The van der Waals surface area contributed by atoms with Crippen LogP contribution in [0.2, 0.25) is 0 Å². The minimum Gasteiger partial charge on any atom is -0.382 e. The van der Waals surface area contributed by atoms with Crippen LogP contribution in [-0.2, 0) is 13.1 Å². The van der Waals surface area contributed by atoms with E-state index in [1.165, 1.54) is 0 Å². The standard InChI is InChI=1S/C15H19N5/c1-19(7-3-8-20-9-6-15(17)18-20)12-14-5-2-4-13(10-14)11-16/h2,4-6,9-10H,3,7-8,12H2,1H3,(H2,17,18). The number of rotatable bonds is 6. The van der Waals surface area contributed by atoms with Crippen molar-refractivity contribution in [1.82, 2.24) is 14.7 Å². The van der Waals surface area contributed by atoms with Gasteiger partial charge in [0.05, 0.1) is 11.6 Å². The van der Waals surface area contributed by atoms with Crippen molar-refractivity contribution in [2.24, 2.45) is 0 Å². The summed E-state index contributed by atoms with van der Waals surface area (Å²) in [5.74, 6) is 0.562. The minimum absolute atomic E-state index is 0.562. The Bertz CT molecular complexity index is 596. The zero-order valence-corrected chi connectivity index (χ0v) is 11.7.